The van der Waals surface area contributed by atoms with Crippen molar-refractivity contribution in [1.82, 2.24) is 14.3 Å². The molecule has 5 nitrogen and oxygen atoms in total. The molecule has 0 saturated carbocycles. The first-order valence-electron chi connectivity index (χ1n) is 11.8. The van der Waals surface area contributed by atoms with Gasteiger partial charge in [-0.3, -0.25) is 9.20 Å². The molecule has 0 spiro atoms. The molecule has 1 saturated heterocycles. The molecular formula is C27H36N4O. The van der Waals surface area contributed by atoms with Crippen molar-refractivity contribution in [2.24, 2.45) is 0 Å². The topological polar surface area (TPSA) is 61.5 Å². The van der Waals surface area contributed by atoms with E-state index in [1.165, 1.54) is 12.0 Å². The molecule has 1 fully saturated rings. The Labute approximate surface area is 191 Å². The van der Waals surface area contributed by atoms with E-state index in [0.29, 0.717) is 23.0 Å². The molecule has 2 aliphatic rings. The maximum atomic E-state index is 12.9. The van der Waals surface area contributed by atoms with Gasteiger partial charge in [0.15, 0.2) is 0 Å². The van der Waals surface area contributed by atoms with Crippen LogP contribution in [0.25, 0.3) is 11.2 Å². The lowest BCUT2D eigenvalue weighted by Crippen LogP contribution is -2.32. The highest BCUT2D eigenvalue weighted by Crippen LogP contribution is 2.29. The number of allylic oxidation sites excluding steroid dienone is 6. The number of fused-ring (bicyclic) bond motifs is 1. The quantitative estimate of drug-likeness (QED) is 0.693. The number of rotatable bonds is 3. The first-order chi connectivity index (χ1) is 15.4. The first-order valence-corrected chi connectivity index (χ1v) is 11.8. The number of pyridine rings is 1. The SMILES string of the molecule is C/C=C1/C=C(c2cc(=O)n3cc(C4CCN(CC)CC4)cc(C)c3n2)C=CC1=N.CCC. The standard InChI is InChI=1S/C24H28N4O.C3H8/c1-4-17-13-19(6-7-21(17)25)22-14-23(29)28-15-20(12-16(3)24(28)26-22)18-8-10-27(5-2)11-9-18;1-3-2/h4,6-7,12-15,18,25H,5,8-11H2,1-3H3;3H2,1-2H3/b17-4-,25-21?;. The summed E-state index contributed by atoms with van der Waals surface area (Å²) in [5.74, 6) is 0.500. The Balaban J connectivity index is 0.000000913. The second-order valence-corrected chi connectivity index (χ2v) is 8.64. The Morgan fingerprint density at radius 1 is 1.16 bits per heavy atom. The minimum absolute atomic E-state index is 0.0575. The fraction of sp³-hybridized carbons (Fsp3) is 0.444. The molecule has 1 aliphatic heterocycles. The number of hydrogen-bond donors (Lipinski definition) is 1. The van der Waals surface area contributed by atoms with Crippen molar-refractivity contribution >= 4 is 16.9 Å². The molecule has 5 heteroatoms. The number of nitrogens with zero attached hydrogens (tertiary/aromatic N) is 3. The normalized spacial score (nSPS) is 18.6. The van der Waals surface area contributed by atoms with E-state index in [-0.39, 0.29) is 5.56 Å². The van der Waals surface area contributed by atoms with Crippen molar-refractivity contribution in [3.63, 3.8) is 0 Å². The van der Waals surface area contributed by atoms with Crippen LogP contribution in [0.1, 0.15) is 69.7 Å². The summed E-state index contributed by atoms with van der Waals surface area (Å²) in [4.78, 5) is 20.2. The molecule has 0 bridgehead atoms. The van der Waals surface area contributed by atoms with Crippen molar-refractivity contribution in [2.75, 3.05) is 19.6 Å². The third kappa shape index (κ3) is 5.16. The highest BCUT2D eigenvalue weighted by atomic mass is 16.1. The molecular weight excluding hydrogens is 396 g/mol. The Morgan fingerprint density at radius 3 is 2.47 bits per heavy atom. The number of likely N-dealkylation sites (tertiary alicyclic amines) is 1. The van der Waals surface area contributed by atoms with Gasteiger partial charge < -0.3 is 10.3 Å². The van der Waals surface area contributed by atoms with Gasteiger partial charge in [0, 0.05) is 17.8 Å². The zero-order chi connectivity index (χ0) is 23.3. The van der Waals surface area contributed by atoms with Gasteiger partial charge in [0.1, 0.15) is 5.65 Å². The van der Waals surface area contributed by atoms with Gasteiger partial charge in [-0.05, 0) is 81.1 Å². The van der Waals surface area contributed by atoms with E-state index in [1.807, 2.05) is 38.3 Å². The largest absolute Gasteiger partial charge is 0.304 e. The Bertz CT molecular complexity index is 1130. The number of hydrogen-bond acceptors (Lipinski definition) is 4. The Morgan fingerprint density at radius 2 is 1.84 bits per heavy atom. The molecule has 2 aromatic heterocycles. The van der Waals surface area contributed by atoms with Gasteiger partial charge in [-0.25, -0.2) is 4.98 Å². The van der Waals surface area contributed by atoms with Crippen molar-refractivity contribution in [1.29, 1.82) is 5.41 Å². The van der Waals surface area contributed by atoms with Crippen molar-refractivity contribution in [3.05, 3.63) is 75.4 Å². The van der Waals surface area contributed by atoms with Crippen LogP contribution in [0.15, 0.2) is 53.0 Å². The lowest BCUT2D eigenvalue weighted by atomic mass is 9.90. The Kier molecular flexibility index (Phi) is 7.97. The summed E-state index contributed by atoms with van der Waals surface area (Å²) in [7, 11) is 0. The zero-order valence-corrected chi connectivity index (χ0v) is 20.1. The lowest BCUT2D eigenvalue weighted by Gasteiger charge is -2.31. The molecule has 0 atom stereocenters. The monoisotopic (exact) mass is 432 g/mol. The first kappa shape index (κ1) is 23.9. The predicted molar refractivity (Wildman–Crippen MR) is 135 cm³/mol. The van der Waals surface area contributed by atoms with E-state index < -0.39 is 0 Å². The van der Waals surface area contributed by atoms with E-state index in [1.54, 1.807) is 16.5 Å². The highest BCUT2D eigenvalue weighted by molar-refractivity contribution is 6.12. The Hall–Kier alpha value is -2.79. The molecule has 4 rings (SSSR count). The summed E-state index contributed by atoms with van der Waals surface area (Å²) < 4.78 is 1.70. The number of nitrogens with one attached hydrogen (secondary N) is 1. The number of piperidine rings is 1. The van der Waals surface area contributed by atoms with E-state index in [2.05, 4.69) is 31.7 Å². The summed E-state index contributed by atoms with van der Waals surface area (Å²) in [6.45, 7) is 13.8. The average molecular weight is 433 g/mol. The molecule has 0 amide bonds. The minimum Gasteiger partial charge on any atom is -0.304 e. The summed E-state index contributed by atoms with van der Waals surface area (Å²) in [5, 5.41) is 7.96. The van der Waals surface area contributed by atoms with Crippen LogP contribution in [0.4, 0.5) is 0 Å². The lowest BCUT2D eigenvalue weighted by molar-refractivity contribution is 0.222. The third-order valence-corrected chi connectivity index (χ3v) is 6.13. The van der Waals surface area contributed by atoms with Crippen LogP contribution in [0.3, 0.4) is 0 Å². The minimum atomic E-state index is -0.0575. The highest BCUT2D eigenvalue weighted by Gasteiger charge is 2.21. The molecule has 2 aromatic rings. The maximum Gasteiger partial charge on any atom is 0.258 e. The van der Waals surface area contributed by atoms with E-state index in [9.17, 15) is 4.79 Å². The molecule has 3 heterocycles. The van der Waals surface area contributed by atoms with Gasteiger partial charge in [0.05, 0.1) is 11.4 Å². The van der Waals surface area contributed by atoms with Crippen LogP contribution in [0.5, 0.6) is 0 Å². The van der Waals surface area contributed by atoms with Crippen LogP contribution in [0, 0.1) is 12.3 Å². The maximum absolute atomic E-state index is 12.9. The second kappa shape index (κ2) is 10.7. The molecule has 0 unspecified atom stereocenters. The third-order valence-electron chi connectivity index (χ3n) is 6.13. The van der Waals surface area contributed by atoms with Crippen molar-refractivity contribution < 1.29 is 0 Å². The number of aromatic nitrogens is 2. The van der Waals surface area contributed by atoms with E-state index in [0.717, 1.165) is 49.2 Å². The predicted octanol–water partition coefficient (Wildman–Crippen LogP) is 5.54. The van der Waals surface area contributed by atoms with Gasteiger partial charge in [0.2, 0.25) is 0 Å². The molecule has 170 valence electrons. The van der Waals surface area contributed by atoms with Gasteiger partial charge in [-0.15, -0.1) is 0 Å². The smallest absolute Gasteiger partial charge is 0.258 e. The van der Waals surface area contributed by atoms with Crippen molar-refractivity contribution in [2.45, 2.75) is 59.8 Å². The van der Waals surface area contributed by atoms with Gasteiger partial charge >= 0.3 is 0 Å². The van der Waals surface area contributed by atoms with Crippen LogP contribution in [-0.2, 0) is 0 Å². The molecule has 1 N–H and O–H groups in total. The fourth-order valence-electron chi connectivity index (χ4n) is 4.31. The second-order valence-electron chi connectivity index (χ2n) is 8.64. The summed E-state index contributed by atoms with van der Waals surface area (Å²) in [5.41, 5.74) is 5.76. The fourth-order valence-corrected chi connectivity index (χ4v) is 4.31. The average Bonchev–Trinajstić information content (AvgIpc) is 2.80. The summed E-state index contributed by atoms with van der Waals surface area (Å²) >= 11 is 0. The van der Waals surface area contributed by atoms with Gasteiger partial charge in [-0.2, -0.15) is 0 Å². The van der Waals surface area contributed by atoms with Crippen LogP contribution in [-0.4, -0.2) is 39.6 Å². The molecule has 0 aromatic carbocycles. The number of aryl methyl sites for hydroxylation is 1. The molecule has 0 radical (unpaired) electrons. The van der Waals surface area contributed by atoms with Crippen LogP contribution < -0.4 is 5.56 Å². The van der Waals surface area contributed by atoms with E-state index in [4.69, 9.17) is 10.4 Å². The van der Waals surface area contributed by atoms with Crippen molar-refractivity contribution in [3.8, 4) is 0 Å². The summed E-state index contributed by atoms with van der Waals surface area (Å²) in [6, 6.07) is 3.81. The molecule has 1 aliphatic carbocycles. The van der Waals surface area contributed by atoms with Gasteiger partial charge in [-0.1, -0.05) is 45.4 Å². The van der Waals surface area contributed by atoms with Gasteiger partial charge in [0.25, 0.3) is 5.56 Å². The summed E-state index contributed by atoms with van der Waals surface area (Å²) in [6.07, 6.45) is 13.0. The molecule has 32 heavy (non-hydrogen) atoms. The zero-order valence-electron chi connectivity index (χ0n) is 20.1. The van der Waals surface area contributed by atoms with Crippen LogP contribution >= 0.6 is 0 Å². The van der Waals surface area contributed by atoms with Crippen LogP contribution in [0.2, 0.25) is 0 Å². The van der Waals surface area contributed by atoms with E-state index >= 15 is 0 Å².